The summed E-state index contributed by atoms with van der Waals surface area (Å²) >= 11 is 15.8. The second kappa shape index (κ2) is 6.52. The molecule has 1 aliphatic rings. The van der Waals surface area contributed by atoms with E-state index in [1.165, 1.54) is 0 Å². The first kappa shape index (κ1) is 16.7. The third-order valence-electron chi connectivity index (χ3n) is 4.28. The number of fused-ring (bicyclic) bond motifs is 1. The molecule has 0 radical (unpaired) electrons. The Morgan fingerprint density at radius 3 is 2.72 bits per heavy atom. The fourth-order valence-electron chi connectivity index (χ4n) is 3.13. The Morgan fingerprint density at radius 1 is 1.12 bits per heavy atom. The van der Waals surface area contributed by atoms with Crippen molar-refractivity contribution < 1.29 is 0 Å². The Bertz CT molecular complexity index is 943. The number of halogens is 3. The summed E-state index contributed by atoms with van der Waals surface area (Å²) in [7, 11) is 0. The second-order valence-corrected chi connectivity index (χ2v) is 7.65. The fraction of sp³-hybridized carbons (Fsp3) is 0.176. The maximum Gasteiger partial charge on any atom is 0.241 e. The third-order valence-corrected chi connectivity index (χ3v) is 5.52. The van der Waals surface area contributed by atoms with Crippen molar-refractivity contribution in [1.82, 2.24) is 14.8 Å². The molecule has 0 aliphatic carbocycles. The number of nitrogens with one attached hydrogen (secondary N) is 1. The highest BCUT2D eigenvalue weighted by Crippen LogP contribution is 2.39. The lowest BCUT2D eigenvalue weighted by atomic mass is 9.93. The Balaban J connectivity index is 1.77. The predicted octanol–water partition coefficient (Wildman–Crippen LogP) is 5.08. The molecule has 128 valence electrons. The van der Waals surface area contributed by atoms with Gasteiger partial charge in [-0.3, -0.25) is 0 Å². The zero-order valence-corrected chi connectivity index (χ0v) is 16.1. The molecule has 0 saturated heterocycles. The highest BCUT2D eigenvalue weighted by molar-refractivity contribution is 9.10. The number of rotatable bonds is 2. The van der Waals surface area contributed by atoms with Gasteiger partial charge in [0.25, 0.3) is 0 Å². The monoisotopic (exact) mass is 437 g/mol. The van der Waals surface area contributed by atoms with Gasteiger partial charge >= 0.3 is 0 Å². The lowest BCUT2D eigenvalue weighted by Crippen LogP contribution is -2.28. The van der Waals surface area contributed by atoms with Gasteiger partial charge in [0, 0.05) is 4.47 Å². The number of aromatic nitrogens is 3. The fourth-order valence-corrected chi connectivity index (χ4v) is 3.86. The standard InChI is InChI=1S/C17H14BrCl2N5/c18-11-3-1-2-10(6-11)15-8-14(9-4-5-12(19)13(20)7-9)22-17-23-16(21)24-25(15)17/h1-7,14-15H,8H2,(H3,21,22,23,24). The highest BCUT2D eigenvalue weighted by Gasteiger charge is 2.31. The van der Waals surface area contributed by atoms with Gasteiger partial charge in [-0.2, -0.15) is 4.98 Å². The summed E-state index contributed by atoms with van der Waals surface area (Å²) in [5, 5.41) is 8.82. The van der Waals surface area contributed by atoms with Crippen LogP contribution in [0.2, 0.25) is 10.0 Å². The van der Waals surface area contributed by atoms with Crippen LogP contribution in [0.1, 0.15) is 29.6 Å². The molecule has 0 spiro atoms. The van der Waals surface area contributed by atoms with Crippen molar-refractivity contribution in [2.75, 3.05) is 11.1 Å². The average molecular weight is 439 g/mol. The van der Waals surface area contributed by atoms with Gasteiger partial charge in [-0.15, -0.1) is 5.10 Å². The van der Waals surface area contributed by atoms with E-state index in [-0.39, 0.29) is 18.0 Å². The molecular formula is C17H14BrCl2N5. The van der Waals surface area contributed by atoms with Gasteiger partial charge in [0.15, 0.2) is 0 Å². The molecule has 0 bridgehead atoms. The first-order valence-electron chi connectivity index (χ1n) is 7.70. The van der Waals surface area contributed by atoms with E-state index in [9.17, 15) is 0 Å². The molecule has 0 amide bonds. The summed E-state index contributed by atoms with van der Waals surface area (Å²) in [6, 6.07) is 13.9. The van der Waals surface area contributed by atoms with Crippen molar-refractivity contribution in [1.29, 1.82) is 0 Å². The molecule has 25 heavy (non-hydrogen) atoms. The van der Waals surface area contributed by atoms with Crippen LogP contribution in [0.15, 0.2) is 46.9 Å². The first-order valence-corrected chi connectivity index (χ1v) is 9.25. The van der Waals surface area contributed by atoms with Crippen molar-refractivity contribution in [3.8, 4) is 0 Å². The zero-order valence-electron chi connectivity index (χ0n) is 13.0. The summed E-state index contributed by atoms with van der Waals surface area (Å²) in [5.41, 5.74) is 8.00. The van der Waals surface area contributed by atoms with Crippen molar-refractivity contribution in [2.45, 2.75) is 18.5 Å². The van der Waals surface area contributed by atoms with Crippen molar-refractivity contribution in [2.24, 2.45) is 0 Å². The van der Waals surface area contributed by atoms with Crippen LogP contribution in [0, 0.1) is 0 Å². The summed E-state index contributed by atoms with van der Waals surface area (Å²) in [5.74, 6) is 0.891. The van der Waals surface area contributed by atoms with Gasteiger partial charge in [0.05, 0.1) is 22.1 Å². The molecule has 2 aromatic carbocycles. The molecule has 1 aromatic heterocycles. The van der Waals surface area contributed by atoms with Crippen LogP contribution in [0.3, 0.4) is 0 Å². The summed E-state index contributed by atoms with van der Waals surface area (Å²) < 4.78 is 2.86. The topological polar surface area (TPSA) is 68.8 Å². The summed E-state index contributed by atoms with van der Waals surface area (Å²) in [4.78, 5) is 4.31. The molecular weight excluding hydrogens is 425 g/mol. The maximum absolute atomic E-state index is 6.19. The van der Waals surface area contributed by atoms with Crippen LogP contribution in [-0.2, 0) is 0 Å². The normalized spacial score (nSPS) is 19.3. The SMILES string of the molecule is Nc1nc2n(n1)C(c1cccc(Br)c1)CC(c1ccc(Cl)c(Cl)c1)N2. The smallest absolute Gasteiger partial charge is 0.241 e. The van der Waals surface area contributed by atoms with E-state index in [0.717, 1.165) is 22.0 Å². The summed E-state index contributed by atoms with van der Waals surface area (Å²) in [6.45, 7) is 0. The van der Waals surface area contributed by atoms with Crippen LogP contribution >= 0.6 is 39.1 Å². The van der Waals surface area contributed by atoms with E-state index < -0.39 is 0 Å². The Morgan fingerprint density at radius 2 is 1.96 bits per heavy atom. The Hall–Kier alpha value is -1.76. The molecule has 2 unspecified atom stereocenters. The van der Waals surface area contributed by atoms with Crippen LogP contribution in [0.4, 0.5) is 11.9 Å². The van der Waals surface area contributed by atoms with Crippen molar-refractivity contribution in [3.63, 3.8) is 0 Å². The van der Waals surface area contributed by atoms with E-state index in [2.05, 4.69) is 43.5 Å². The van der Waals surface area contributed by atoms with Crippen LogP contribution in [0.5, 0.6) is 0 Å². The number of anilines is 2. The van der Waals surface area contributed by atoms with Crippen LogP contribution in [-0.4, -0.2) is 14.8 Å². The summed E-state index contributed by atoms with van der Waals surface area (Å²) in [6.07, 6.45) is 0.782. The quantitative estimate of drug-likeness (QED) is 0.585. The minimum absolute atomic E-state index is 0.0120. The first-order chi connectivity index (χ1) is 12.0. The van der Waals surface area contributed by atoms with E-state index >= 15 is 0 Å². The van der Waals surface area contributed by atoms with Crippen LogP contribution in [0.25, 0.3) is 0 Å². The number of nitrogen functional groups attached to an aromatic ring is 1. The van der Waals surface area contributed by atoms with Gasteiger partial charge in [-0.25, -0.2) is 4.68 Å². The molecule has 1 aliphatic heterocycles. The number of nitrogens with two attached hydrogens (primary N) is 1. The lowest BCUT2D eigenvalue weighted by Gasteiger charge is -2.32. The molecule has 0 saturated carbocycles. The number of nitrogens with zero attached hydrogens (tertiary/aromatic N) is 3. The average Bonchev–Trinajstić information content (AvgIpc) is 2.96. The molecule has 3 aromatic rings. The van der Waals surface area contributed by atoms with Gasteiger partial charge in [0.1, 0.15) is 0 Å². The lowest BCUT2D eigenvalue weighted by molar-refractivity contribution is 0.431. The van der Waals surface area contributed by atoms with Gasteiger partial charge in [0.2, 0.25) is 11.9 Å². The maximum atomic E-state index is 6.19. The van der Waals surface area contributed by atoms with Gasteiger partial charge < -0.3 is 11.1 Å². The largest absolute Gasteiger partial charge is 0.366 e. The van der Waals surface area contributed by atoms with Crippen LogP contribution < -0.4 is 11.1 Å². The van der Waals surface area contributed by atoms with Gasteiger partial charge in [-0.05, 0) is 41.8 Å². The number of hydrogen-bond donors (Lipinski definition) is 2. The van der Waals surface area contributed by atoms with Crippen molar-refractivity contribution in [3.05, 3.63) is 68.1 Å². The molecule has 8 heteroatoms. The molecule has 4 rings (SSSR count). The molecule has 2 heterocycles. The Kier molecular flexibility index (Phi) is 4.35. The van der Waals surface area contributed by atoms with E-state index in [1.807, 2.05) is 35.0 Å². The molecule has 5 nitrogen and oxygen atoms in total. The Labute approximate surface area is 163 Å². The zero-order chi connectivity index (χ0) is 17.6. The minimum atomic E-state index is 0.0120. The van der Waals surface area contributed by atoms with Crippen molar-refractivity contribution >= 4 is 51.0 Å². The predicted molar refractivity (Wildman–Crippen MR) is 104 cm³/mol. The molecule has 3 N–H and O–H groups in total. The molecule has 2 atom stereocenters. The van der Waals surface area contributed by atoms with E-state index in [4.69, 9.17) is 28.9 Å². The highest BCUT2D eigenvalue weighted by atomic mass is 79.9. The number of benzene rings is 2. The minimum Gasteiger partial charge on any atom is -0.366 e. The van der Waals surface area contributed by atoms with Gasteiger partial charge in [-0.1, -0.05) is 57.3 Å². The molecule has 0 fully saturated rings. The second-order valence-electron chi connectivity index (χ2n) is 5.92. The van der Waals surface area contributed by atoms with E-state index in [0.29, 0.717) is 16.0 Å². The van der Waals surface area contributed by atoms with E-state index in [1.54, 1.807) is 0 Å². The third kappa shape index (κ3) is 3.21. The number of hydrogen-bond acceptors (Lipinski definition) is 4.